The van der Waals surface area contributed by atoms with Crippen LogP contribution in [0.25, 0.3) is 17.2 Å². The molecule has 0 aliphatic heterocycles. The summed E-state index contributed by atoms with van der Waals surface area (Å²) in [5.74, 6) is 0.335. The minimum Gasteiger partial charge on any atom is -0.507 e. The molecule has 2 nitrogen and oxygen atoms in total. The molecule has 96 valence electrons. The normalized spacial score (nSPS) is 17.2. The molecule has 19 heavy (non-hydrogen) atoms. The SMILES string of the molecule is COC1C=Cc2c(O)cc(-c3ccccc3)cc2C1. The standard InChI is InChI=1S/C17H16O2/c1-19-15-7-8-16-14(10-15)9-13(11-17(16)18)12-5-3-2-4-6-12/h2-9,11,15,18H,10H2,1H3. The zero-order valence-corrected chi connectivity index (χ0v) is 10.8. The zero-order chi connectivity index (χ0) is 13.2. The first kappa shape index (κ1) is 12.0. The van der Waals surface area contributed by atoms with Crippen LogP contribution in [0.3, 0.4) is 0 Å². The minimum atomic E-state index is 0.0953. The van der Waals surface area contributed by atoms with Crippen molar-refractivity contribution in [2.45, 2.75) is 12.5 Å². The lowest BCUT2D eigenvalue weighted by atomic mass is 9.91. The van der Waals surface area contributed by atoms with Crippen molar-refractivity contribution in [3.8, 4) is 16.9 Å². The fourth-order valence-electron chi connectivity index (χ4n) is 2.51. The van der Waals surface area contributed by atoms with E-state index in [0.29, 0.717) is 5.75 Å². The Morgan fingerprint density at radius 1 is 1.11 bits per heavy atom. The van der Waals surface area contributed by atoms with E-state index >= 15 is 0 Å². The number of rotatable bonds is 2. The number of phenolic OH excluding ortho intramolecular Hbond substituents is 1. The van der Waals surface area contributed by atoms with Gasteiger partial charge in [-0.05, 0) is 22.8 Å². The number of aromatic hydroxyl groups is 1. The van der Waals surface area contributed by atoms with Crippen molar-refractivity contribution in [3.05, 3.63) is 59.7 Å². The van der Waals surface area contributed by atoms with Crippen LogP contribution < -0.4 is 0 Å². The molecule has 0 bridgehead atoms. The van der Waals surface area contributed by atoms with Gasteiger partial charge in [0.25, 0.3) is 0 Å². The van der Waals surface area contributed by atoms with Gasteiger partial charge in [-0.1, -0.05) is 48.6 Å². The fraction of sp³-hybridized carbons (Fsp3) is 0.176. The van der Waals surface area contributed by atoms with Crippen molar-refractivity contribution in [2.24, 2.45) is 0 Å². The lowest BCUT2D eigenvalue weighted by Crippen LogP contribution is -2.14. The van der Waals surface area contributed by atoms with Crippen molar-refractivity contribution in [1.29, 1.82) is 0 Å². The number of phenols is 1. The summed E-state index contributed by atoms with van der Waals surface area (Å²) < 4.78 is 5.36. The van der Waals surface area contributed by atoms with Gasteiger partial charge in [0.1, 0.15) is 5.75 Å². The quantitative estimate of drug-likeness (QED) is 0.884. The van der Waals surface area contributed by atoms with Gasteiger partial charge in [-0.2, -0.15) is 0 Å². The molecule has 0 saturated heterocycles. The predicted octanol–water partition coefficient (Wildman–Crippen LogP) is 3.64. The molecule has 1 unspecified atom stereocenters. The first-order chi connectivity index (χ1) is 9.28. The van der Waals surface area contributed by atoms with E-state index in [1.807, 2.05) is 48.6 Å². The van der Waals surface area contributed by atoms with Crippen LogP contribution in [0.2, 0.25) is 0 Å². The zero-order valence-electron chi connectivity index (χ0n) is 10.8. The second kappa shape index (κ2) is 4.90. The Labute approximate surface area is 113 Å². The molecule has 0 amide bonds. The van der Waals surface area contributed by atoms with Crippen LogP contribution in [0.4, 0.5) is 0 Å². The number of hydrogen-bond donors (Lipinski definition) is 1. The van der Waals surface area contributed by atoms with Gasteiger partial charge in [0.2, 0.25) is 0 Å². The molecule has 0 fully saturated rings. The maximum absolute atomic E-state index is 10.2. The predicted molar refractivity (Wildman–Crippen MR) is 77.1 cm³/mol. The Balaban J connectivity index is 2.07. The highest BCUT2D eigenvalue weighted by Gasteiger charge is 2.17. The highest BCUT2D eigenvalue weighted by molar-refractivity contribution is 5.73. The van der Waals surface area contributed by atoms with Gasteiger partial charge in [0.05, 0.1) is 6.10 Å². The Hall–Kier alpha value is -2.06. The average molecular weight is 252 g/mol. The summed E-state index contributed by atoms with van der Waals surface area (Å²) in [6.45, 7) is 0. The third kappa shape index (κ3) is 2.27. The molecule has 1 aliphatic rings. The van der Waals surface area contributed by atoms with Crippen molar-refractivity contribution in [1.82, 2.24) is 0 Å². The average Bonchev–Trinajstić information content (AvgIpc) is 2.47. The van der Waals surface area contributed by atoms with Crippen LogP contribution in [0.1, 0.15) is 11.1 Å². The maximum atomic E-state index is 10.2. The Morgan fingerprint density at radius 3 is 2.63 bits per heavy atom. The molecule has 0 radical (unpaired) electrons. The fourth-order valence-corrected chi connectivity index (χ4v) is 2.51. The van der Waals surface area contributed by atoms with E-state index in [9.17, 15) is 5.11 Å². The van der Waals surface area contributed by atoms with E-state index in [1.165, 1.54) is 0 Å². The molecule has 1 aliphatic carbocycles. The van der Waals surface area contributed by atoms with Gasteiger partial charge < -0.3 is 9.84 Å². The summed E-state index contributed by atoms with van der Waals surface area (Å²) in [4.78, 5) is 0. The molecule has 1 N–H and O–H groups in total. The molecule has 2 aromatic rings. The number of benzene rings is 2. The summed E-state index contributed by atoms with van der Waals surface area (Å²) in [5.41, 5.74) is 4.20. The molecular weight excluding hydrogens is 236 g/mol. The molecule has 0 aromatic heterocycles. The summed E-state index contributed by atoms with van der Waals surface area (Å²) in [7, 11) is 1.71. The number of fused-ring (bicyclic) bond motifs is 1. The Morgan fingerprint density at radius 2 is 1.89 bits per heavy atom. The van der Waals surface area contributed by atoms with Crippen LogP contribution in [0.15, 0.2) is 48.5 Å². The Kier molecular flexibility index (Phi) is 3.10. The lowest BCUT2D eigenvalue weighted by molar-refractivity contribution is 0.141. The Bertz CT molecular complexity index is 615. The van der Waals surface area contributed by atoms with Gasteiger partial charge in [-0.3, -0.25) is 0 Å². The molecule has 2 heteroatoms. The molecule has 2 aromatic carbocycles. The van der Waals surface area contributed by atoms with Crippen molar-refractivity contribution in [2.75, 3.05) is 7.11 Å². The van der Waals surface area contributed by atoms with Crippen LogP contribution in [0.5, 0.6) is 5.75 Å². The third-order valence-corrected chi connectivity index (χ3v) is 3.55. The highest BCUT2D eigenvalue weighted by Crippen LogP contribution is 2.33. The second-order valence-electron chi connectivity index (χ2n) is 4.77. The van der Waals surface area contributed by atoms with Gasteiger partial charge >= 0.3 is 0 Å². The summed E-state index contributed by atoms with van der Waals surface area (Å²) in [5, 5.41) is 10.2. The van der Waals surface area contributed by atoms with Crippen LogP contribution in [0, 0.1) is 0 Å². The molecule has 0 heterocycles. The number of hydrogen-bond acceptors (Lipinski definition) is 2. The molecule has 0 spiro atoms. The van der Waals surface area contributed by atoms with Crippen molar-refractivity contribution in [3.63, 3.8) is 0 Å². The highest BCUT2D eigenvalue weighted by atomic mass is 16.5. The van der Waals surface area contributed by atoms with E-state index in [4.69, 9.17) is 4.74 Å². The van der Waals surface area contributed by atoms with Crippen LogP contribution in [-0.4, -0.2) is 18.3 Å². The largest absolute Gasteiger partial charge is 0.507 e. The number of methoxy groups -OCH3 is 1. The lowest BCUT2D eigenvalue weighted by Gasteiger charge is -2.20. The van der Waals surface area contributed by atoms with Gasteiger partial charge in [0.15, 0.2) is 0 Å². The molecule has 3 rings (SSSR count). The smallest absolute Gasteiger partial charge is 0.123 e. The van der Waals surface area contributed by atoms with E-state index in [1.54, 1.807) is 7.11 Å². The van der Waals surface area contributed by atoms with E-state index in [0.717, 1.165) is 28.7 Å². The second-order valence-corrected chi connectivity index (χ2v) is 4.77. The summed E-state index contributed by atoms with van der Waals surface area (Å²) >= 11 is 0. The van der Waals surface area contributed by atoms with E-state index < -0.39 is 0 Å². The van der Waals surface area contributed by atoms with Crippen LogP contribution >= 0.6 is 0 Å². The first-order valence-corrected chi connectivity index (χ1v) is 6.40. The maximum Gasteiger partial charge on any atom is 0.123 e. The minimum absolute atomic E-state index is 0.0953. The number of ether oxygens (including phenoxy) is 1. The molecule has 0 saturated carbocycles. The van der Waals surface area contributed by atoms with Gasteiger partial charge in [0, 0.05) is 19.1 Å². The topological polar surface area (TPSA) is 29.5 Å². The first-order valence-electron chi connectivity index (χ1n) is 6.40. The van der Waals surface area contributed by atoms with E-state index in [2.05, 4.69) is 6.07 Å². The van der Waals surface area contributed by atoms with Gasteiger partial charge in [-0.15, -0.1) is 0 Å². The summed E-state index contributed by atoms with van der Waals surface area (Å²) in [6, 6.07) is 14.1. The monoisotopic (exact) mass is 252 g/mol. The van der Waals surface area contributed by atoms with Crippen LogP contribution in [-0.2, 0) is 11.2 Å². The van der Waals surface area contributed by atoms with E-state index in [-0.39, 0.29) is 6.10 Å². The van der Waals surface area contributed by atoms with Gasteiger partial charge in [-0.25, -0.2) is 0 Å². The van der Waals surface area contributed by atoms with Crippen molar-refractivity contribution < 1.29 is 9.84 Å². The van der Waals surface area contributed by atoms with Crippen molar-refractivity contribution >= 4 is 6.08 Å². The summed E-state index contributed by atoms with van der Waals surface area (Å²) in [6.07, 6.45) is 4.83. The molecular formula is C17H16O2. The molecule has 1 atom stereocenters. The third-order valence-electron chi connectivity index (χ3n) is 3.55.